The SMILES string of the molecule is Cc1ccc(C(Cc2cn3ccsc3n2)NN)cc1Br. The Labute approximate surface area is 129 Å². The Morgan fingerprint density at radius 1 is 1.50 bits per heavy atom. The van der Waals surface area contributed by atoms with Crippen LogP contribution < -0.4 is 11.3 Å². The van der Waals surface area contributed by atoms with Crippen molar-refractivity contribution in [2.24, 2.45) is 5.84 Å². The van der Waals surface area contributed by atoms with Gasteiger partial charge in [-0.2, -0.15) is 0 Å². The smallest absolute Gasteiger partial charge is 0.193 e. The van der Waals surface area contributed by atoms with Gasteiger partial charge in [0.1, 0.15) is 0 Å². The zero-order valence-electron chi connectivity index (χ0n) is 11.0. The molecule has 1 atom stereocenters. The third-order valence-electron chi connectivity index (χ3n) is 3.36. The second-order valence-corrected chi connectivity index (χ2v) is 6.48. The van der Waals surface area contributed by atoms with Gasteiger partial charge in [-0.3, -0.25) is 15.7 Å². The maximum atomic E-state index is 5.71. The van der Waals surface area contributed by atoms with E-state index in [0.717, 1.165) is 27.1 Å². The van der Waals surface area contributed by atoms with Crippen molar-refractivity contribution in [1.82, 2.24) is 14.8 Å². The number of hydrazine groups is 1. The third kappa shape index (κ3) is 2.64. The summed E-state index contributed by atoms with van der Waals surface area (Å²) in [5, 5.41) is 2.03. The molecule has 3 N–H and O–H groups in total. The number of hydrogen-bond donors (Lipinski definition) is 2. The molecule has 1 aromatic carbocycles. The van der Waals surface area contributed by atoms with E-state index in [1.807, 2.05) is 16.0 Å². The zero-order valence-corrected chi connectivity index (χ0v) is 13.4. The summed E-state index contributed by atoms with van der Waals surface area (Å²) in [6.07, 6.45) is 4.84. The number of aryl methyl sites for hydroxylation is 1. The first kappa shape index (κ1) is 13.8. The monoisotopic (exact) mass is 350 g/mol. The Morgan fingerprint density at radius 2 is 2.35 bits per heavy atom. The summed E-state index contributed by atoms with van der Waals surface area (Å²) in [5.41, 5.74) is 6.29. The predicted molar refractivity (Wildman–Crippen MR) is 85.7 cm³/mol. The Morgan fingerprint density at radius 3 is 3.05 bits per heavy atom. The molecule has 4 nitrogen and oxygen atoms in total. The number of aromatic nitrogens is 2. The third-order valence-corrected chi connectivity index (χ3v) is 4.98. The largest absolute Gasteiger partial charge is 0.297 e. The van der Waals surface area contributed by atoms with Crippen molar-refractivity contribution in [3.63, 3.8) is 0 Å². The number of nitrogens with one attached hydrogen (secondary N) is 1. The van der Waals surface area contributed by atoms with E-state index in [9.17, 15) is 0 Å². The number of rotatable bonds is 4. The van der Waals surface area contributed by atoms with E-state index in [-0.39, 0.29) is 6.04 Å². The van der Waals surface area contributed by atoms with Crippen LogP contribution in [0.5, 0.6) is 0 Å². The summed E-state index contributed by atoms with van der Waals surface area (Å²) < 4.78 is 3.14. The fraction of sp³-hybridized carbons (Fsp3) is 0.214. The lowest BCUT2D eigenvalue weighted by Gasteiger charge is -2.16. The fourth-order valence-corrected chi connectivity index (χ4v) is 3.30. The summed E-state index contributed by atoms with van der Waals surface area (Å²) >= 11 is 5.20. The van der Waals surface area contributed by atoms with Gasteiger partial charge in [0.15, 0.2) is 4.96 Å². The molecule has 0 saturated heterocycles. The van der Waals surface area contributed by atoms with Crippen LogP contribution in [0.4, 0.5) is 0 Å². The number of hydrogen-bond acceptors (Lipinski definition) is 4. The molecule has 6 heteroatoms. The van der Waals surface area contributed by atoms with Crippen molar-refractivity contribution in [2.75, 3.05) is 0 Å². The van der Waals surface area contributed by atoms with Crippen LogP contribution in [0, 0.1) is 6.92 Å². The number of nitrogens with zero attached hydrogens (tertiary/aromatic N) is 2. The molecular weight excluding hydrogens is 336 g/mol. The van der Waals surface area contributed by atoms with Crippen molar-refractivity contribution in [3.8, 4) is 0 Å². The second kappa shape index (κ2) is 5.65. The molecule has 0 aliphatic rings. The standard InChI is InChI=1S/C14H15BrN4S/c1-9-2-3-10(6-12(9)15)13(18-16)7-11-8-19-4-5-20-14(19)17-11/h2-6,8,13,18H,7,16H2,1H3. The number of halogens is 1. The van der Waals surface area contributed by atoms with Crippen LogP contribution in [-0.4, -0.2) is 9.38 Å². The normalized spacial score (nSPS) is 12.9. The second-order valence-electron chi connectivity index (χ2n) is 4.76. The molecule has 0 saturated carbocycles. The minimum atomic E-state index is 0.0523. The minimum Gasteiger partial charge on any atom is -0.297 e. The molecular formula is C14H15BrN4S. The molecule has 2 aromatic heterocycles. The molecule has 0 radical (unpaired) electrons. The van der Waals surface area contributed by atoms with Crippen molar-refractivity contribution in [3.05, 3.63) is 57.3 Å². The van der Waals surface area contributed by atoms with Gasteiger partial charge in [-0.25, -0.2) is 4.98 Å². The van der Waals surface area contributed by atoms with Crippen LogP contribution in [-0.2, 0) is 6.42 Å². The highest BCUT2D eigenvalue weighted by Crippen LogP contribution is 2.24. The van der Waals surface area contributed by atoms with Crippen LogP contribution in [0.3, 0.4) is 0 Å². The van der Waals surface area contributed by atoms with E-state index in [1.165, 1.54) is 5.56 Å². The first-order chi connectivity index (χ1) is 9.67. The molecule has 3 rings (SSSR count). The van der Waals surface area contributed by atoms with Gasteiger partial charge in [-0.1, -0.05) is 28.1 Å². The molecule has 0 amide bonds. The average molecular weight is 351 g/mol. The number of benzene rings is 1. The lowest BCUT2D eigenvalue weighted by Crippen LogP contribution is -2.29. The topological polar surface area (TPSA) is 55.3 Å². The molecule has 0 spiro atoms. The molecule has 0 bridgehead atoms. The quantitative estimate of drug-likeness (QED) is 0.561. The van der Waals surface area contributed by atoms with Crippen molar-refractivity contribution < 1.29 is 0 Å². The number of fused-ring (bicyclic) bond motifs is 1. The van der Waals surface area contributed by atoms with Crippen molar-refractivity contribution >= 4 is 32.2 Å². The van der Waals surface area contributed by atoms with Gasteiger partial charge in [-0.15, -0.1) is 11.3 Å². The molecule has 1 unspecified atom stereocenters. The van der Waals surface area contributed by atoms with Crippen LogP contribution in [0.25, 0.3) is 4.96 Å². The molecule has 2 heterocycles. The maximum absolute atomic E-state index is 5.71. The lowest BCUT2D eigenvalue weighted by molar-refractivity contribution is 0.547. The van der Waals surface area contributed by atoms with Crippen molar-refractivity contribution in [1.29, 1.82) is 0 Å². The first-order valence-electron chi connectivity index (χ1n) is 6.30. The van der Waals surface area contributed by atoms with Gasteiger partial charge in [-0.05, 0) is 24.1 Å². The van der Waals surface area contributed by atoms with E-state index >= 15 is 0 Å². The Balaban J connectivity index is 1.85. The predicted octanol–water partition coefficient (Wildman–Crippen LogP) is 3.21. The average Bonchev–Trinajstić information content (AvgIpc) is 3.00. The van der Waals surface area contributed by atoms with Gasteiger partial charge < -0.3 is 0 Å². The molecule has 0 aliphatic carbocycles. The molecule has 3 aromatic rings. The van der Waals surface area contributed by atoms with Gasteiger partial charge in [0.05, 0.1) is 11.7 Å². The van der Waals surface area contributed by atoms with E-state index in [1.54, 1.807) is 11.3 Å². The van der Waals surface area contributed by atoms with Crippen LogP contribution >= 0.6 is 27.3 Å². The minimum absolute atomic E-state index is 0.0523. The van der Waals surface area contributed by atoms with Gasteiger partial charge in [0.2, 0.25) is 0 Å². The summed E-state index contributed by atoms with van der Waals surface area (Å²) in [5.74, 6) is 5.71. The van der Waals surface area contributed by atoms with E-state index in [2.05, 4.69) is 57.7 Å². The Hall–Kier alpha value is -1.21. The highest BCUT2D eigenvalue weighted by Gasteiger charge is 2.14. The first-order valence-corrected chi connectivity index (χ1v) is 7.98. The summed E-state index contributed by atoms with van der Waals surface area (Å²) in [4.78, 5) is 5.61. The lowest BCUT2D eigenvalue weighted by atomic mass is 10.0. The molecule has 0 aliphatic heterocycles. The van der Waals surface area contributed by atoms with Crippen molar-refractivity contribution in [2.45, 2.75) is 19.4 Å². The van der Waals surface area contributed by atoms with Gasteiger partial charge >= 0.3 is 0 Å². The number of nitrogens with two attached hydrogens (primary N) is 1. The number of thiazole rings is 1. The summed E-state index contributed by atoms with van der Waals surface area (Å²) in [6, 6.07) is 6.35. The highest BCUT2D eigenvalue weighted by molar-refractivity contribution is 9.10. The zero-order chi connectivity index (χ0) is 14.1. The van der Waals surface area contributed by atoms with E-state index in [0.29, 0.717) is 0 Å². The van der Waals surface area contributed by atoms with Gasteiger partial charge in [0.25, 0.3) is 0 Å². The molecule has 104 valence electrons. The summed E-state index contributed by atoms with van der Waals surface area (Å²) in [6.45, 7) is 2.07. The van der Waals surface area contributed by atoms with Crippen LogP contribution in [0.2, 0.25) is 0 Å². The Kier molecular flexibility index (Phi) is 3.89. The Bertz CT molecular complexity index is 705. The maximum Gasteiger partial charge on any atom is 0.193 e. The van der Waals surface area contributed by atoms with E-state index in [4.69, 9.17) is 5.84 Å². The van der Waals surface area contributed by atoms with E-state index < -0.39 is 0 Å². The highest BCUT2D eigenvalue weighted by atomic mass is 79.9. The summed E-state index contributed by atoms with van der Waals surface area (Å²) in [7, 11) is 0. The molecule has 20 heavy (non-hydrogen) atoms. The van der Waals surface area contributed by atoms with Crippen LogP contribution in [0.15, 0.2) is 40.4 Å². The number of imidazole rings is 1. The van der Waals surface area contributed by atoms with Crippen LogP contribution in [0.1, 0.15) is 22.9 Å². The van der Waals surface area contributed by atoms with Gasteiger partial charge in [0, 0.05) is 28.7 Å². The fourth-order valence-electron chi connectivity index (χ4n) is 2.18. The molecule has 0 fully saturated rings.